The molecule has 12 rings (SSSR count). The van der Waals surface area contributed by atoms with E-state index in [9.17, 15) is 0 Å². The Labute approximate surface area is 322 Å². The van der Waals surface area contributed by atoms with E-state index in [1.54, 1.807) is 0 Å². The van der Waals surface area contributed by atoms with Crippen molar-refractivity contribution in [2.75, 3.05) is 0 Å². The molecule has 0 aliphatic rings. The Kier molecular flexibility index (Phi) is 6.60. The first-order valence-corrected chi connectivity index (χ1v) is 19.1. The summed E-state index contributed by atoms with van der Waals surface area (Å²) < 4.78 is 4.64. The third kappa shape index (κ3) is 4.53. The summed E-state index contributed by atoms with van der Waals surface area (Å²) in [5.41, 5.74) is 11.0. The predicted octanol–water partition coefficient (Wildman–Crippen LogP) is 13.5. The molecule has 9 aromatic carbocycles. The van der Waals surface area contributed by atoms with Crippen LogP contribution in [0.4, 0.5) is 0 Å². The van der Waals surface area contributed by atoms with Crippen LogP contribution in [0, 0.1) is 0 Å². The van der Waals surface area contributed by atoms with E-state index in [4.69, 9.17) is 9.97 Å². The fourth-order valence-electron chi connectivity index (χ4n) is 8.96. The fraction of sp³-hybridized carbons (Fsp3) is 0. The Hall–Kier alpha value is -7.56. The Morgan fingerprint density at radius 2 is 0.893 bits per heavy atom. The Morgan fingerprint density at radius 1 is 0.321 bits per heavy atom. The highest BCUT2D eigenvalue weighted by atomic mass is 15.2. The van der Waals surface area contributed by atoms with Crippen molar-refractivity contribution in [3.63, 3.8) is 0 Å². The molecule has 12 aromatic rings. The van der Waals surface area contributed by atoms with Crippen LogP contribution >= 0.6 is 0 Å². The number of hydrogen-bond donors (Lipinski definition) is 0. The zero-order chi connectivity index (χ0) is 36.7. The SMILES string of the molecule is c1ccc(-c2nc(-n3c4ccccc4c4cc(-c5ccc6c(c5)c5c7ccccc7ccc5n6-c5ccccc5)ccc43)nc3c2ccc2ccccc23)cc1. The maximum absolute atomic E-state index is 5.38. The van der Waals surface area contributed by atoms with Crippen molar-refractivity contribution in [1.29, 1.82) is 0 Å². The van der Waals surface area contributed by atoms with Gasteiger partial charge in [0.2, 0.25) is 5.95 Å². The monoisotopic (exact) mass is 712 g/mol. The van der Waals surface area contributed by atoms with E-state index in [1.165, 1.54) is 54.5 Å². The highest BCUT2D eigenvalue weighted by Gasteiger charge is 2.20. The number of aromatic nitrogens is 4. The summed E-state index contributed by atoms with van der Waals surface area (Å²) in [6, 6.07) is 69.6. The van der Waals surface area contributed by atoms with Crippen LogP contribution in [0.15, 0.2) is 194 Å². The van der Waals surface area contributed by atoms with E-state index in [0.29, 0.717) is 5.95 Å². The minimum atomic E-state index is 0.661. The van der Waals surface area contributed by atoms with Crippen molar-refractivity contribution in [2.24, 2.45) is 0 Å². The maximum Gasteiger partial charge on any atom is 0.235 e. The van der Waals surface area contributed by atoms with Crippen molar-refractivity contribution in [2.45, 2.75) is 0 Å². The first-order chi connectivity index (χ1) is 27.8. The number of hydrogen-bond acceptors (Lipinski definition) is 2. The lowest BCUT2D eigenvalue weighted by Gasteiger charge is -2.13. The lowest BCUT2D eigenvalue weighted by molar-refractivity contribution is 1.02. The van der Waals surface area contributed by atoms with Crippen LogP contribution in [0.1, 0.15) is 0 Å². The van der Waals surface area contributed by atoms with Crippen LogP contribution < -0.4 is 0 Å². The summed E-state index contributed by atoms with van der Waals surface area (Å²) in [7, 11) is 0. The fourth-order valence-corrected chi connectivity index (χ4v) is 8.96. The smallest absolute Gasteiger partial charge is 0.235 e. The zero-order valence-electron chi connectivity index (χ0n) is 30.3. The summed E-state index contributed by atoms with van der Waals surface area (Å²) in [6.45, 7) is 0. The Morgan fingerprint density at radius 3 is 1.68 bits per heavy atom. The largest absolute Gasteiger partial charge is 0.309 e. The summed E-state index contributed by atoms with van der Waals surface area (Å²) in [4.78, 5) is 10.7. The van der Waals surface area contributed by atoms with E-state index in [2.05, 4.69) is 203 Å². The molecule has 4 heteroatoms. The second-order valence-corrected chi connectivity index (χ2v) is 14.6. The standard InChI is InChI=1S/C52H32N4/c1-3-15-35(16-4-1)50-42-27-23-34-14-8-10-20-40(34)51(42)54-52(53-50)56-45-22-12-11-21-41(45)43-31-36(25-28-46(43)56)37-26-29-47-44(32-37)49-39-19-9-7-13-33(39)24-30-48(49)55(47)38-17-5-2-6-18-38/h1-32H. The van der Waals surface area contributed by atoms with Gasteiger partial charge in [-0.05, 0) is 81.9 Å². The molecule has 0 atom stereocenters. The summed E-state index contributed by atoms with van der Waals surface area (Å²) in [5.74, 6) is 0.661. The molecule has 3 aromatic heterocycles. The average molecular weight is 713 g/mol. The van der Waals surface area contributed by atoms with Crippen LogP contribution in [0.5, 0.6) is 0 Å². The summed E-state index contributed by atoms with van der Waals surface area (Å²) >= 11 is 0. The summed E-state index contributed by atoms with van der Waals surface area (Å²) in [6.07, 6.45) is 0. The molecule has 0 unspecified atom stereocenters. The third-order valence-electron chi connectivity index (χ3n) is 11.5. The number of fused-ring (bicyclic) bond motifs is 11. The van der Waals surface area contributed by atoms with E-state index >= 15 is 0 Å². The van der Waals surface area contributed by atoms with Gasteiger partial charge in [0.15, 0.2) is 0 Å². The van der Waals surface area contributed by atoms with E-state index in [1.807, 2.05) is 0 Å². The molecule has 3 heterocycles. The lowest BCUT2D eigenvalue weighted by Crippen LogP contribution is -2.03. The van der Waals surface area contributed by atoms with E-state index in [-0.39, 0.29) is 0 Å². The van der Waals surface area contributed by atoms with Crippen molar-refractivity contribution in [3.05, 3.63) is 194 Å². The number of nitrogens with zero attached hydrogens (tertiary/aromatic N) is 4. The highest BCUT2D eigenvalue weighted by molar-refractivity contribution is 6.22. The van der Waals surface area contributed by atoms with Crippen molar-refractivity contribution in [3.8, 4) is 34.0 Å². The quantitative estimate of drug-likeness (QED) is 0.170. The highest BCUT2D eigenvalue weighted by Crippen LogP contribution is 2.41. The second kappa shape index (κ2) is 12.0. The van der Waals surface area contributed by atoms with Crippen LogP contribution in [0.3, 0.4) is 0 Å². The molecule has 56 heavy (non-hydrogen) atoms. The summed E-state index contributed by atoms with van der Waals surface area (Å²) in [5, 5.41) is 10.7. The number of benzene rings is 9. The second-order valence-electron chi connectivity index (χ2n) is 14.6. The molecule has 260 valence electrons. The van der Waals surface area contributed by atoms with Gasteiger partial charge in [0.25, 0.3) is 0 Å². The van der Waals surface area contributed by atoms with Gasteiger partial charge in [-0.3, -0.25) is 4.57 Å². The number of para-hydroxylation sites is 2. The van der Waals surface area contributed by atoms with E-state index in [0.717, 1.165) is 49.7 Å². The van der Waals surface area contributed by atoms with Gasteiger partial charge in [-0.1, -0.05) is 140 Å². The van der Waals surface area contributed by atoms with Crippen LogP contribution in [0.2, 0.25) is 0 Å². The predicted molar refractivity (Wildman–Crippen MR) is 234 cm³/mol. The topological polar surface area (TPSA) is 35.6 Å². The molecule has 0 aliphatic carbocycles. The van der Waals surface area contributed by atoms with Gasteiger partial charge in [-0.15, -0.1) is 0 Å². The Balaban J connectivity index is 1.10. The van der Waals surface area contributed by atoms with Gasteiger partial charge in [0.05, 0.1) is 33.3 Å². The van der Waals surface area contributed by atoms with Crippen LogP contribution in [0.25, 0.3) is 110 Å². The van der Waals surface area contributed by atoms with Crippen molar-refractivity contribution < 1.29 is 0 Å². The van der Waals surface area contributed by atoms with Gasteiger partial charge in [0, 0.05) is 43.6 Å². The molecule has 0 saturated heterocycles. The molecule has 0 saturated carbocycles. The molecule has 0 aliphatic heterocycles. The third-order valence-corrected chi connectivity index (χ3v) is 11.5. The molecule has 0 spiro atoms. The number of rotatable bonds is 4. The average Bonchev–Trinajstić information content (AvgIpc) is 3.79. The lowest BCUT2D eigenvalue weighted by atomic mass is 9.99. The van der Waals surface area contributed by atoms with Crippen LogP contribution in [-0.2, 0) is 0 Å². The molecule has 0 bridgehead atoms. The van der Waals surface area contributed by atoms with E-state index < -0.39 is 0 Å². The molecular formula is C52H32N4. The van der Waals surface area contributed by atoms with Crippen molar-refractivity contribution in [1.82, 2.24) is 19.1 Å². The maximum atomic E-state index is 5.38. The van der Waals surface area contributed by atoms with Gasteiger partial charge in [-0.25, -0.2) is 9.97 Å². The first-order valence-electron chi connectivity index (χ1n) is 19.1. The minimum Gasteiger partial charge on any atom is -0.309 e. The molecule has 4 nitrogen and oxygen atoms in total. The molecule has 0 radical (unpaired) electrons. The molecule has 0 N–H and O–H groups in total. The van der Waals surface area contributed by atoms with Gasteiger partial charge in [-0.2, -0.15) is 0 Å². The van der Waals surface area contributed by atoms with Crippen molar-refractivity contribution >= 4 is 76.1 Å². The Bertz CT molecular complexity index is 3520. The molecule has 0 amide bonds. The van der Waals surface area contributed by atoms with Gasteiger partial charge < -0.3 is 4.57 Å². The van der Waals surface area contributed by atoms with Crippen LogP contribution in [-0.4, -0.2) is 19.1 Å². The zero-order valence-corrected chi connectivity index (χ0v) is 30.3. The minimum absolute atomic E-state index is 0.661. The first kappa shape index (κ1) is 30.9. The normalized spacial score (nSPS) is 11.9. The van der Waals surface area contributed by atoms with Gasteiger partial charge >= 0.3 is 0 Å². The molecule has 0 fully saturated rings. The van der Waals surface area contributed by atoms with Gasteiger partial charge in [0.1, 0.15) is 0 Å². The molecular weight excluding hydrogens is 681 g/mol.